The van der Waals surface area contributed by atoms with E-state index in [4.69, 9.17) is 4.74 Å². The van der Waals surface area contributed by atoms with Crippen LogP contribution in [0.15, 0.2) is 24.3 Å². The lowest BCUT2D eigenvalue weighted by molar-refractivity contribution is 0.0529. The largest absolute Gasteiger partial charge is 0.461 e. The molecule has 17 heavy (non-hydrogen) atoms. The van der Waals surface area contributed by atoms with Gasteiger partial charge < -0.3 is 4.74 Å². The zero-order valence-corrected chi connectivity index (χ0v) is 11.3. The number of hydrogen-bond donors (Lipinski definition) is 0. The summed E-state index contributed by atoms with van der Waals surface area (Å²) in [5.41, 5.74) is 1.35. The lowest BCUT2D eigenvalue weighted by Crippen LogP contribution is -2.10. The van der Waals surface area contributed by atoms with Crippen molar-refractivity contribution in [3.8, 4) is 0 Å². The Kier molecular flexibility index (Phi) is 5.02. The molecule has 0 heterocycles. The summed E-state index contributed by atoms with van der Waals surface area (Å²) in [7, 11) is -2.30. The Labute approximate surface area is 105 Å². The van der Waals surface area contributed by atoms with Crippen molar-refractivity contribution >= 4 is 25.6 Å². The van der Waals surface area contributed by atoms with Gasteiger partial charge >= 0.3 is 5.97 Å². The van der Waals surface area contributed by atoms with Crippen LogP contribution in [-0.2, 0) is 13.6 Å². The second kappa shape index (κ2) is 6.07. The summed E-state index contributed by atoms with van der Waals surface area (Å²) in [4.78, 5) is 11.6. The minimum atomic E-state index is -3.07. The summed E-state index contributed by atoms with van der Waals surface area (Å²) in [5.74, 6) is -0.173. The summed E-state index contributed by atoms with van der Waals surface area (Å²) < 4.78 is 26.6. The van der Waals surface area contributed by atoms with Crippen LogP contribution in [0.5, 0.6) is 0 Å². The van der Waals surface area contributed by atoms with E-state index in [-0.39, 0.29) is 12.4 Å². The van der Waals surface area contributed by atoms with E-state index in [0.29, 0.717) is 5.56 Å². The van der Waals surface area contributed by atoms with Gasteiger partial charge in [-0.05, 0) is 29.3 Å². The third-order valence-corrected chi connectivity index (χ3v) is 4.52. The van der Waals surface area contributed by atoms with Crippen LogP contribution in [0, 0.1) is 6.92 Å². The molecular weight excluding hydrogens is 260 g/mol. The second-order valence-corrected chi connectivity index (χ2v) is 8.05. The number of carbonyl (C=O) groups excluding carboxylic acids is 1. The van der Waals surface area contributed by atoms with E-state index in [1.165, 1.54) is 0 Å². The molecule has 0 saturated heterocycles. The molecule has 0 radical (unpaired) electrons. The highest BCUT2D eigenvalue weighted by atomic mass is 33.1. The van der Waals surface area contributed by atoms with Crippen molar-refractivity contribution in [1.29, 1.82) is 0 Å². The van der Waals surface area contributed by atoms with Crippen molar-refractivity contribution in [3.63, 3.8) is 0 Å². The van der Waals surface area contributed by atoms with Crippen LogP contribution in [0.1, 0.15) is 15.9 Å². The number of esters is 1. The minimum Gasteiger partial charge on any atom is -0.461 e. The maximum atomic E-state index is 11.6. The van der Waals surface area contributed by atoms with Gasteiger partial charge in [0.15, 0.2) is 8.87 Å². The van der Waals surface area contributed by atoms with E-state index >= 15 is 0 Å². The first-order chi connectivity index (χ1) is 7.90. The Bertz CT molecular complexity index is 494. The zero-order valence-electron chi connectivity index (χ0n) is 9.67. The Morgan fingerprint density at radius 3 is 2.59 bits per heavy atom. The smallest absolute Gasteiger partial charge is 0.338 e. The van der Waals surface area contributed by atoms with Gasteiger partial charge in [0.05, 0.1) is 5.56 Å². The first-order valence-corrected chi connectivity index (χ1v) is 8.37. The second-order valence-electron chi connectivity index (χ2n) is 3.48. The molecular formula is C11H14O4S2. The molecule has 0 aliphatic rings. The Hall–Kier alpha value is -1.01. The fourth-order valence-electron chi connectivity index (χ4n) is 1.20. The van der Waals surface area contributed by atoms with Gasteiger partial charge in [0, 0.05) is 12.0 Å². The zero-order chi connectivity index (χ0) is 12.9. The van der Waals surface area contributed by atoms with Crippen LogP contribution in [-0.4, -0.2) is 33.0 Å². The van der Waals surface area contributed by atoms with Crippen molar-refractivity contribution in [2.45, 2.75) is 6.92 Å². The fraction of sp³-hybridized carbons (Fsp3) is 0.364. The molecule has 0 atom stereocenters. The van der Waals surface area contributed by atoms with Crippen LogP contribution in [0.25, 0.3) is 0 Å². The highest BCUT2D eigenvalue weighted by molar-refractivity contribution is 8.71. The summed E-state index contributed by atoms with van der Waals surface area (Å²) in [5, 5.41) is 0. The Morgan fingerprint density at radius 2 is 2.00 bits per heavy atom. The fourth-order valence-corrected chi connectivity index (χ4v) is 2.77. The normalized spacial score (nSPS) is 11.2. The van der Waals surface area contributed by atoms with E-state index in [1.807, 2.05) is 19.1 Å². The maximum absolute atomic E-state index is 11.6. The van der Waals surface area contributed by atoms with Gasteiger partial charge in [0.1, 0.15) is 6.61 Å². The minimum absolute atomic E-state index is 0.0882. The molecule has 1 aromatic rings. The molecule has 0 saturated carbocycles. The highest BCUT2D eigenvalue weighted by Crippen LogP contribution is 2.11. The van der Waals surface area contributed by atoms with Crippen molar-refractivity contribution in [3.05, 3.63) is 35.4 Å². The Morgan fingerprint density at radius 1 is 1.35 bits per heavy atom. The molecule has 0 N–H and O–H groups in total. The van der Waals surface area contributed by atoms with Crippen LogP contribution >= 0.6 is 10.8 Å². The summed E-state index contributed by atoms with van der Waals surface area (Å²) in [6.45, 7) is 1.91. The molecule has 0 aromatic heterocycles. The maximum Gasteiger partial charge on any atom is 0.338 e. The summed E-state index contributed by atoms with van der Waals surface area (Å²) in [6, 6.07) is 7.10. The third-order valence-electron chi connectivity index (χ3n) is 1.98. The van der Waals surface area contributed by atoms with E-state index in [0.717, 1.165) is 22.6 Å². The molecule has 0 bridgehead atoms. The van der Waals surface area contributed by atoms with Crippen molar-refractivity contribution in [1.82, 2.24) is 0 Å². The van der Waals surface area contributed by atoms with Crippen LogP contribution in [0.2, 0.25) is 0 Å². The summed E-state index contributed by atoms with van der Waals surface area (Å²) in [6.07, 6.45) is 1.13. The van der Waals surface area contributed by atoms with Crippen molar-refractivity contribution < 1.29 is 17.9 Å². The van der Waals surface area contributed by atoms with Crippen LogP contribution in [0.4, 0.5) is 0 Å². The molecule has 0 fully saturated rings. The standard InChI is InChI=1S/C11H14O4S2/c1-9-5-3-4-6-10(9)11(12)15-7-8-16-17(2,13)14/h3-6H,7-8H2,1-2H3. The molecule has 0 aliphatic carbocycles. The van der Waals surface area contributed by atoms with E-state index in [9.17, 15) is 13.2 Å². The molecule has 94 valence electrons. The molecule has 0 unspecified atom stereocenters. The summed E-state index contributed by atoms with van der Waals surface area (Å²) >= 11 is 0. The lowest BCUT2D eigenvalue weighted by Gasteiger charge is -2.06. The molecule has 1 rings (SSSR count). The van der Waals surface area contributed by atoms with Gasteiger partial charge in [-0.25, -0.2) is 13.2 Å². The van der Waals surface area contributed by atoms with Crippen LogP contribution < -0.4 is 0 Å². The number of ether oxygens (including phenoxy) is 1. The molecule has 0 spiro atoms. The van der Waals surface area contributed by atoms with E-state index in [2.05, 4.69) is 0 Å². The third kappa shape index (κ3) is 5.23. The first kappa shape index (κ1) is 14.1. The average molecular weight is 274 g/mol. The van der Waals surface area contributed by atoms with E-state index < -0.39 is 14.8 Å². The predicted molar refractivity (Wildman–Crippen MR) is 68.8 cm³/mol. The van der Waals surface area contributed by atoms with Crippen molar-refractivity contribution in [2.24, 2.45) is 0 Å². The van der Waals surface area contributed by atoms with Crippen LogP contribution in [0.3, 0.4) is 0 Å². The molecule has 0 amide bonds. The molecule has 1 aromatic carbocycles. The first-order valence-electron chi connectivity index (χ1n) is 4.97. The topological polar surface area (TPSA) is 60.4 Å². The average Bonchev–Trinajstić information content (AvgIpc) is 2.23. The number of hydrogen-bond acceptors (Lipinski definition) is 5. The molecule has 4 nitrogen and oxygen atoms in total. The van der Waals surface area contributed by atoms with Gasteiger partial charge in [-0.1, -0.05) is 18.2 Å². The molecule has 0 aliphatic heterocycles. The van der Waals surface area contributed by atoms with Crippen molar-refractivity contribution in [2.75, 3.05) is 18.6 Å². The number of aryl methyl sites for hydroxylation is 1. The van der Waals surface area contributed by atoms with Gasteiger partial charge in [-0.15, -0.1) is 0 Å². The van der Waals surface area contributed by atoms with Gasteiger partial charge in [-0.3, -0.25) is 0 Å². The highest BCUT2D eigenvalue weighted by Gasteiger charge is 2.10. The number of carbonyl (C=O) groups is 1. The van der Waals surface area contributed by atoms with Gasteiger partial charge in [0.2, 0.25) is 0 Å². The van der Waals surface area contributed by atoms with Gasteiger partial charge in [-0.2, -0.15) is 0 Å². The SMILES string of the molecule is Cc1ccccc1C(=O)OCCSS(C)(=O)=O. The van der Waals surface area contributed by atoms with E-state index in [1.54, 1.807) is 12.1 Å². The predicted octanol–water partition coefficient (Wildman–Crippen LogP) is 1.84. The quantitative estimate of drug-likeness (QED) is 0.466. The lowest BCUT2D eigenvalue weighted by atomic mass is 10.1. The molecule has 6 heteroatoms. The van der Waals surface area contributed by atoms with Gasteiger partial charge in [0.25, 0.3) is 0 Å². The number of rotatable bonds is 5. The Balaban J connectivity index is 2.44. The number of benzene rings is 1. The monoisotopic (exact) mass is 274 g/mol.